The lowest BCUT2D eigenvalue weighted by molar-refractivity contribution is -0.385. The Morgan fingerprint density at radius 1 is 1.50 bits per heavy atom. The van der Waals surface area contributed by atoms with Gasteiger partial charge in [0.15, 0.2) is 0 Å². The number of aliphatic hydroxyl groups excluding tert-OH is 1. The number of carbonyl (C=O) groups is 1. The molecule has 0 aliphatic carbocycles. The van der Waals surface area contributed by atoms with Crippen molar-refractivity contribution < 1.29 is 14.8 Å². The Balaban J connectivity index is 2.27. The number of likely N-dealkylation sites (tertiary alicyclic amines) is 1. The number of carbonyl (C=O) groups excluding carboxylic acids is 1. The summed E-state index contributed by atoms with van der Waals surface area (Å²) in [6.07, 6.45) is 0.0399. The van der Waals surface area contributed by atoms with Crippen LogP contribution in [0.3, 0.4) is 0 Å². The van der Waals surface area contributed by atoms with Crippen molar-refractivity contribution in [2.24, 2.45) is 0 Å². The third-order valence-electron chi connectivity index (χ3n) is 2.79. The molecule has 96 valence electrons. The number of benzene rings is 1. The van der Waals surface area contributed by atoms with Gasteiger partial charge in [-0.05, 0) is 12.5 Å². The van der Waals surface area contributed by atoms with Gasteiger partial charge in [-0.2, -0.15) is 0 Å². The maximum Gasteiger partial charge on any atom is 0.271 e. The fourth-order valence-electron chi connectivity index (χ4n) is 1.91. The van der Waals surface area contributed by atoms with E-state index in [2.05, 4.69) is 15.9 Å². The van der Waals surface area contributed by atoms with E-state index in [4.69, 9.17) is 0 Å². The summed E-state index contributed by atoms with van der Waals surface area (Å²) in [7, 11) is 0. The second-order valence-corrected chi connectivity index (χ2v) is 5.06. The van der Waals surface area contributed by atoms with Gasteiger partial charge in [0.1, 0.15) is 0 Å². The molecule has 1 heterocycles. The summed E-state index contributed by atoms with van der Waals surface area (Å²) in [5.74, 6) is -0.295. The molecule has 6 nitrogen and oxygen atoms in total. The monoisotopic (exact) mass is 314 g/mol. The van der Waals surface area contributed by atoms with E-state index in [1.165, 1.54) is 17.0 Å². The molecular weight excluding hydrogens is 304 g/mol. The van der Waals surface area contributed by atoms with Crippen molar-refractivity contribution in [3.05, 3.63) is 38.3 Å². The zero-order valence-electron chi connectivity index (χ0n) is 9.38. The molecule has 1 aliphatic heterocycles. The molecule has 2 rings (SSSR count). The van der Waals surface area contributed by atoms with Crippen LogP contribution in [-0.2, 0) is 0 Å². The van der Waals surface area contributed by atoms with Gasteiger partial charge >= 0.3 is 0 Å². The minimum absolute atomic E-state index is 0.132. The smallest absolute Gasteiger partial charge is 0.271 e. The highest BCUT2D eigenvalue weighted by molar-refractivity contribution is 9.10. The van der Waals surface area contributed by atoms with E-state index in [0.29, 0.717) is 17.4 Å². The van der Waals surface area contributed by atoms with E-state index in [1.54, 1.807) is 6.07 Å². The van der Waals surface area contributed by atoms with Crippen LogP contribution >= 0.6 is 15.9 Å². The van der Waals surface area contributed by atoms with Gasteiger partial charge in [-0.3, -0.25) is 14.9 Å². The minimum Gasteiger partial charge on any atom is -0.391 e. The number of non-ortho nitro benzene ring substituents is 1. The predicted octanol–water partition coefficient (Wildman–Crippen LogP) is 1.56. The van der Waals surface area contributed by atoms with Crippen molar-refractivity contribution in [1.82, 2.24) is 4.90 Å². The van der Waals surface area contributed by atoms with Gasteiger partial charge in [-0.15, -0.1) is 0 Å². The van der Waals surface area contributed by atoms with Crippen LogP contribution in [0.5, 0.6) is 0 Å². The summed E-state index contributed by atoms with van der Waals surface area (Å²) < 4.78 is 0.486. The van der Waals surface area contributed by atoms with Gasteiger partial charge in [0.2, 0.25) is 0 Å². The molecule has 1 N–H and O–H groups in total. The molecule has 0 aromatic heterocycles. The molecule has 1 saturated heterocycles. The Bertz CT molecular complexity index is 506. The van der Waals surface area contributed by atoms with E-state index >= 15 is 0 Å². The third-order valence-corrected chi connectivity index (χ3v) is 3.25. The van der Waals surface area contributed by atoms with Gasteiger partial charge in [0.05, 0.1) is 11.0 Å². The number of nitrogens with zero attached hydrogens (tertiary/aromatic N) is 2. The summed E-state index contributed by atoms with van der Waals surface area (Å²) in [5, 5.41) is 20.1. The number of β-amino-alcohol motifs (C(OH)–C–C–N with tert-alkyl or cyclic N) is 1. The molecule has 1 atom stereocenters. The van der Waals surface area contributed by atoms with Gasteiger partial charge in [0, 0.05) is 35.3 Å². The average molecular weight is 315 g/mol. The van der Waals surface area contributed by atoms with Crippen molar-refractivity contribution in [3.63, 3.8) is 0 Å². The number of aliphatic hydroxyl groups is 1. The molecule has 0 radical (unpaired) electrons. The second-order valence-electron chi connectivity index (χ2n) is 4.15. The highest BCUT2D eigenvalue weighted by Gasteiger charge is 2.26. The molecule has 7 heteroatoms. The summed E-state index contributed by atoms with van der Waals surface area (Å²) in [6.45, 7) is 0.749. The van der Waals surface area contributed by atoms with Crippen LogP contribution in [0.2, 0.25) is 0 Å². The summed E-state index contributed by atoms with van der Waals surface area (Å²) >= 11 is 3.15. The molecule has 0 spiro atoms. The maximum atomic E-state index is 12.1. The number of nitro benzene ring substituents is 1. The molecular formula is C11H11BrN2O4. The van der Waals surface area contributed by atoms with E-state index < -0.39 is 11.0 Å². The molecule has 1 aromatic carbocycles. The van der Waals surface area contributed by atoms with Gasteiger partial charge < -0.3 is 10.0 Å². The first-order chi connectivity index (χ1) is 8.47. The lowest BCUT2D eigenvalue weighted by atomic mass is 10.2. The van der Waals surface area contributed by atoms with Crippen molar-refractivity contribution >= 4 is 27.5 Å². The fraction of sp³-hybridized carbons (Fsp3) is 0.364. The number of hydrogen-bond donors (Lipinski definition) is 1. The van der Waals surface area contributed by atoms with Crippen molar-refractivity contribution in [2.45, 2.75) is 12.5 Å². The molecule has 1 fully saturated rings. The lowest BCUT2D eigenvalue weighted by Crippen LogP contribution is -2.29. The molecule has 18 heavy (non-hydrogen) atoms. The van der Waals surface area contributed by atoms with E-state index in [0.717, 1.165) is 0 Å². The molecule has 1 amide bonds. The van der Waals surface area contributed by atoms with Crippen LogP contribution in [0.25, 0.3) is 0 Å². The zero-order chi connectivity index (χ0) is 13.3. The first-order valence-corrected chi connectivity index (χ1v) is 6.19. The summed E-state index contributed by atoms with van der Waals surface area (Å²) in [4.78, 5) is 23.8. The SMILES string of the molecule is O=C(c1cc(Br)cc([N+](=O)[O-])c1)N1CC[C@@H](O)C1. The van der Waals surface area contributed by atoms with Crippen LogP contribution in [0, 0.1) is 10.1 Å². The Labute approximate surface area is 111 Å². The largest absolute Gasteiger partial charge is 0.391 e. The Kier molecular flexibility index (Phi) is 3.63. The molecule has 0 unspecified atom stereocenters. The van der Waals surface area contributed by atoms with Crippen LogP contribution in [0.1, 0.15) is 16.8 Å². The highest BCUT2D eigenvalue weighted by Crippen LogP contribution is 2.23. The van der Waals surface area contributed by atoms with Gasteiger partial charge in [-0.25, -0.2) is 0 Å². The number of halogens is 1. The number of hydrogen-bond acceptors (Lipinski definition) is 4. The number of amides is 1. The summed E-state index contributed by atoms with van der Waals surface area (Å²) in [5.41, 5.74) is 0.123. The minimum atomic E-state index is -0.541. The molecule has 0 saturated carbocycles. The van der Waals surface area contributed by atoms with Gasteiger partial charge in [0.25, 0.3) is 11.6 Å². The predicted molar refractivity (Wildman–Crippen MR) is 67.3 cm³/mol. The van der Waals surface area contributed by atoms with Crippen LogP contribution in [-0.4, -0.2) is 40.0 Å². The molecule has 1 aliphatic rings. The first-order valence-electron chi connectivity index (χ1n) is 5.39. The molecule has 1 aromatic rings. The van der Waals surface area contributed by atoms with Crippen molar-refractivity contribution in [1.29, 1.82) is 0 Å². The quantitative estimate of drug-likeness (QED) is 0.663. The summed E-state index contributed by atoms with van der Waals surface area (Å²) in [6, 6.07) is 4.13. The fourth-order valence-corrected chi connectivity index (χ4v) is 2.39. The van der Waals surface area contributed by atoms with E-state index in [-0.39, 0.29) is 23.7 Å². The Morgan fingerprint density at radius 3 is 2.78 bits per heavy atom. The number of rotatable bonds is 2. The second kappa shape index (κ2) is 5.03. The van der Waals surface area contributed by atoms with Crippen molar-refractivity contribution in [3.8, 4) is 0 Å². The topological polar surface area (TPSA) is 83.7 Å². The Morgan fingerprint density at radius 2 is 2.22 bits per heavy atom. The molecule has 0 bridgehead atoms. The standard InChI is InChI=1S/C11H11BrN2O4/c12-8-3-7(4-9(5-8)14(17)18)11(16)13-2-1-10(15)6-13/h3-5,10,15H,1-2,6H2/t10-/m1/s1. The normalized spacial score (nSPS) is 19.0. The highest BCUT2D eigenvalue weighted by atomic mass is 79.9. The first kappa shape index (κ1) is 13.0. The van der Waals surface area contributed by atoms with E-state index in [9.17, 15) is 20.0 Å². The zero-order valence-corrected chi connectivity index (χ0v) is 11.0. The maximum absolute atomic E-state index is 12.1. The Hall–Kier alpha value is -1.47. The lowest BCUT2D eigenvalue weighted by Gasteiger charge is -2.15. The number of nitro groups is 1. The van der Waals surface area contributed by atoms with Crippen LogP contribution < -0.4 is 0 Å². The van der Waals surface area contributed by atoms with Crippen molar-refractivity contribution in [2.75, 3.05) is 13.1 Å². The van der Waals surface area contributed by atoms with Crippen LogP contribution in [0.15, 0.2) is 22.7 Å². The van der Waals surface area contributed by atoms with Crippen LogP contribution in [0.4, 0.5) is 5.69 Å². The average Bonchev–Trinajstić information content (AvgIpc) is 2.74. The van der Waals surface area contributed by atoms with Gasteiger partial charge in [-0.1, -0.05) is 15.9 Å². The third kappa shape index (κ3) is 2.68. The van der Waals surface area contributed by atoms with E-state index in [1.807, 2.05) is 0 Å².